The standard InChI is InChI=1S/C15H19NO5/c1-15(2,3)21-14(20)16-9-10-4-5-11(12(17)8-10)6-7-13(18)19/h4-8,17H,9H2,1-3H3,(H,16,20)(H,18,19). The summed E-state index contributed by atoms with van der Waals surface area (Å²) in [5.41, 5.74) is 0.488. The molecular formula is C15H19NO5. The molecule has 0 unspecified atom stereocenters. The third-order valence-electron chi connectivity index (χ3n) is 2.34. The number of phenolic OH excluding ortho intramolecular Hbond substituents is 1. The van der Waals surface area contributed by atoms with Crippen LogP contribution >= 0.6 is 0 Å². The summed E-state index contributed by atoms with van der Waals surface area (Å²) in [6.07, 6.45) is 1.69. The highest BCUT2D eigenvalue weighted by atomic mass is 16.6. The van der Waals surface area contributed by atoms with E-state index in [9.17, 15) is 14.7 Å². The number of aliphatic carboxylic acids is 1. The molecule has 0 heterocycles. The molecule has 114 valence electrons. The number of benzene rings is 1. The van der Waals surface area contributed by atoms with Gasteiger partial charge in [-0.1, -0.05) is 12.1 Å². The molecule has 6 heteroatoms. The third kappa shape index (κ3) is 6.47. The van der Waals surface area contributed by atoms with Crippen LogP contribution in [0.25, 0.3) is 6.08 Å². The van der Waals surface area contributed by atoms with Gasteiger partial charge in [0.25, 0.3) is 0 Å². The van der Waals surface area contributed by atoms with Gasteiger partial charge in [0, 0.05) is 18.2 Å². The van der Waals surface area contributed by atoms with E-state index in [1.165, 1.54) is 12.1 Å². The average molecular weight is 293 g/mol. The van der Waals surface area contributed by atoms with Crippen LogP contribution in [-0.4, -0.2) is 27.9 Å². The van der Waals surface area contributed by atoms with Crippen LogP contribution in [0.5, 0.6) is 5.75 Å². The first-order chi connectivity index (χ1) is 9.67. The van der Waals surface area contributed by atoms with E-state index in [0.29, 0.717) is 11.1 Å². The molecule has 0 atom stereocenters. The highest BCUT2D eigenvalue weighted by molar-refractivity contribution is 5.85. The van der Waals surface area contributed by atoms with Gasteiger partial charge in [-0.3, -0.25) is 0 Å². The first-order valence-corrected chi connectivity index (χ1v) is 6.37. The van der Waals surface area contributed by atoms with Crippen LogP contribution in [0.3, 0.4) is 0 Å². The average Bonchev–Trinajstić information content (AvgIpc) is 2.33. The lowest BCUT2D eigenvalue weighted by Gasteiger charge is -2.19. The SMILES string of the molecule is CC(C)(C)OC(=O)NCc1ccc(C=CC(=O)O)c(O)c1. The van der Waals surface area contributed by atoms with Crippen LogP contribution in [0.2, 0.25) is 0 Å². The van der Waals surface area contributed by atoms with Crippen LogP contribution in [-0.2, 0) is 16.1 Å². The van der Waals surface area contributed by atoms with E-state index in [4.69, 9.17) is 9.84 Å². The summed E-state index contributed by atoms with van der Waals surface area (Å²) in [7, 11) is 0. The Morgan fingerprint density at radius 1 is 1.33 bits per heavy atom. The van der Waals surface area contributed by atoms with Crippen LogP contribution in [0.4, 0.5) is 4.79 Å². The number of carbonyl (C=O) groups excluding carboxylic acids is 1. The predicted octanol–water partition coefficient (Wildman–Crippen LogP) is 2.51. The summed E-state index contributed by atoms with van der Waals surface area (Å²) in [6.45, 7) is 5.50. The second-order valence-corrected chi connectivity index (χ2v) is 5.42. The van der Waals surface area contributed by atoms with Crippen molar-refractivity contribution in [3.63, 3.8) is 0 Å². The lowest BCUT2D eigenvalue weighted by atomic mass is 10.1. The number of alkyl carbamates (subject to hydrolysis) is 1. The minimum Gasteiger partial charge on any atom is -0.507 e. The van der Waals surface area contributed by atoms with E-state index in [0.717, 1.165) is 6.08 Å². The molecular weight excluding hydrogens is 274 g/mol. The van der Waals surface area contributed by atoms with Crippen LogP contribution in [0.15, 0.2) is 24.3 Å². The highest BCUT2D eigenvalue weighted by Crippen LogP contribution is 2.20. The molecule has 0 saturated heterocycles. The van der Waals surface area contributed by atoms with Crippen molar-refractivity contribution >= 4 is 18.1 Å². The monoisotopic (exact) mass is 293 g/mol. The Morgan fingerprint density at radius 2 is 2.00 bits per heavy atom. The number of carbonyl (C=O) groups is 2. The smallest absolute Gasteiger partial charge is 0.407 e. The van der Waals surface area contributed by atoms with Gasteiger partial charge in [0.2, 0.25) is 0 Å². The van der Waals surface area contributed by atoms with Gasteiger partial charge < -0.3 is 20.3 Å². The zero-order valence-electron chi connectivity index (χ0n) is 12.2. The number of rotatable bonds is 4. The second kappa shape index (κ2) is 6.78. The van der Waals surface area contributed by atoms with Crippen molar-refractivity contribution in [1.29, 1.82) is 0 Å². The summed E-state index contributed by atoms with van der Waals surface area (Å²) >= 11 is 0. The molecule has 0 aliphatic carbocycles. The minimum absolute atomic E-state index is 0.0593. The van der Waals surface area contributed by atoms with E-state index in [1.54, 1.807) is 32.9 Å². The first kappa shape index (κ1) is 16.6. The van der Waals surface area contributed by atoms with E-state index in [2.05, 4.69) is 5.32 Å². The van der Waals surface area contributed by atoms with Gasteiger partial charge in [-0.15, -0.1) is 0 Å². The Balaban J connectivity index is 2.64. The fourth-order valence-corrected chi connectivity index (χ4v) is 1.49. The van der Waals surface area contributed by atoms with Gasteiger partial charge in [0.15, 0.2) is 0 Å². The minimum atomic E-state index is -1.09. The lowest BCUT2D eigenvalue weighted by molar-refractivity contribution is -0.131. The van der Waals surface area contributed by atoms with Gasteiger partial charge in [-0.05, 0) is 38.5 Å². The molecule has 6 nitrogen and oxygen atoms in total. The molecule has 0 aliphatic rings. The van der Waals surface area contributed by atoms with Crippen molar-refractivity contribution in [2.45, 2.75) is 32.9 Å². The number of hydrogen-bond donors (Lipinski definition) is 3. The van der Waals surface area contributed by atoms with Gasteiger partial charge >= 0.3 is 12.1 Å². The second-order valence-electron chi connectivity index (χ2n) is 5.42. The third-order valence-corrected chi connectivity index (χ3v) is 2.34. The molecule has 1 rings (SSSR count). The molecule has 1 amide bonds. The zero-order valence-corrected chi connectivity index (χ0v) is 12.2. The predicted molar refractivity (Wildman–Crippen MR) is 77.9 cm³/mol. The van der Waals surface area contributed by atoms with Gasteiger partial charge in [0.05, 0.1) is 0 Å². The Hall–Kier alpha value is -2.50. The Labute approximate surface area is 123 Å². The zero-order chi connectivity index (χ0) is 16.0. The van der Waals surface area contributed by atoms with Crippen molar-refractivity contribution in [1.82, 2.24) is 5.32 Å². The summed E-state index contributed by atoms with van der Waals surface area (Å²) < 4.78 is 5.09. The maximum Gasteiger partial charge on any atom is 0.407 e. The fourth-order valence-electron chi connectivity index (χ4n) is 1.49. The Bertz CT molecular complexity index is 558. The number of ether oxygens (including phenoxy) is 1. The lowest BCUT2D eigenvalue weighted by Crippen LogP contribution is -2.32. The quantitative estimate of drug-likeness (QED) is 0.741. The van der Waals surface area contributed by atoms with E-state index < -0.39 is 17.7 Å². The molecule has 0 fully saturated rings. The maximum atomic E-state index is 11.5. The molecule has 0 saturated carbocycles. The molecule has 21 heavy (non-hydrogen) atoms. The van der Waals surface area contributed by atoms with Crippen molar-refractivity contribution in [3.05, 3.63) is 35.4 Å². The van der Waals surface area contributed by atoms with Crippen molar-refractivity contribution in [2.75, 3.05) is 0 Å². The van der Waals surface area contributed by atoms with E-state index in [1.807, 2.05) is 0 Å². The van der Waals surface area contributed by atoms with E-state index >= 15 is 0 Å². The number of phenols is 1. The number of hydrogen-bond acceptors (Lipinski definition) is 4. The molecule has 3 N–H and O–H groups in total. The summed E-state index contributed by atoms with van der Waals surface area (Å²) in [5.74, 6) is -1.15. The maximum absolute atomic E-state index is 11.5. The summed E-state index contributed by atoms with van der Waals surface area (Å²) in [6, 6.07) is 4.71. The molecule has 0 aliphatic heterocycles. The number of nitrogens with one attached hydrogen (secondary N) is 1. The number of carboxylic acid groups (broad SMARTS) is 1. The van der Waals surface area contributed by atoms with Crippen molar-refractivity contribution in [3.8, 4) is 5.75 Å². The first-order valence-electron chi connectivity index (χ1n) is 6.37. The van der Waals surface area contributed by atoms with Crippen molar-refractivity contribution < 1.29 is 24.5 Å². The molecule has 1 aromatic carbocycles. The topological polar surface area (TPSA) is 95.9 Å². The molecule has 1 aromatic rings. The largest absolute Gasteiger partial charge is 0.507 e. The molecule has 0 spiro atoms. The Morgan fingerprint density at radius 3 is 2.52 bits per heavy atom. The fraction of sp³-hybridized carbons (Fsp3) is 0.333. The molecule has 0 bridgehead atoms. The Kier molecular flexibility index (Phi) is 5.35. The van der Waals surface area contributed by atoms with Crippen molar-refractivity contribution in [2.24, 2.45) is 0 Å². The van der Waals surface area contributed by atoms with Gasteiger partial charge in [0.1, 0.15) is 11.4 Å². The van der Waals surface area contributed by atoms with Crippen LogP contribution in [0.1, 0.15) is 31.9 Å². The van der Waals surface area contributed by atoms with Gasteiger partial charge in [-0.2, -0.15) is 0 Å². The normalized spacial score (nSPS) is 11.4. The number of carboxylic acids is 1. The van der Waals surface area contributed by atoms with Crippen LogP contribution in [0, 0.1) is 0 Å². The molecule has 0 radical (unpaired) electrons. The van der Waals surface area contributed by atoms with Crippen LogP contribution < -0.4 is 5.32 Å². The summed E-state index contributed by atoms with van der Waals surface area (Å²) in [4.78, 5) is 21.9. The van der Waals surface area contributed by atoms with Gasteiger partial charge in [-0.25, -0.2) is 9.59 Å². The summed E-state index contributed by atoms with van der Waals surface area (Å²) in [5, 5.41) is 20.9. The number of amides is 1. The highest BCUT2D eigenvalue weighted by Gasteiger charge is 2.15. The number of aromatic hydroxyl groups is 1. The van der Waals surface area contributed by atoms with E-state index in [-0.39, 0.29) is 12.3 Å². The molecule has 0 aromatic heterocycles.